The van der Waals surface area contributed by atoms with Crippen LogP contribution in [-0.2, 0) is 32.7 Å². The zero-order valence-electron chi connectivity index (χ0n) is 64.6. The molecule has 0 heterocycles. The van der Waals surface area contributed by atoms with Crippen LogP contribution in [0, 0.1) is 0 Å². The molecule has 9 nitrogen and oxygen atoms in total. The molecule has 0 saturated heterocycles. The highest BCUT2D eigenvalue weighted by Gasteiger charge is 2.27. The summed E-state index contributed by atoms with van der Waals surface area (Å²) in [7, 11) is 1.46. The number of quaternary nitrogens is 1. The number of phosphoric ester groups is 1. The molecule has 0 spiro atoms. The average molecular weight is 1400 g/mol. The zero-order valence-corrected chi connectivity index (χ0v) is 65.5. The molecule has 0 aliphatic carbocycles. The van der Waals surface area contributed by atoms with Crippen molar-refractivity contribution in [1.82, 2.24) is 0 Å². The fourth-order valence-electron chi connectivity index (χ4n) is 10.6. The van der Waals surface area contributed by atoms with Crippen molar-refractivity contribution in [2.24, 2.45) is 0 Å². The van der Waals surface area contributed by atoms with Gasteiger partial charge in [-0.1, -0.05) is 350 Å². The molecule has 0 bridgehead atoms. The van der Waals surface area contributed by atoms with Gasteiger partial charge in [0.15, 0.2) is 6.10 Å². The first-order chi connectivity index (χ1) is 49.0. The molecule has 0 fully saturated rings. The van der Waals surface area contributed by atoms with Crippen LogP contribution in [0.1, 0.15) is 309 Å². The van der Waals surface area contributed by atoms with Gasteiger partial charge < -0.3 is 18.9 Å². The van der Waals surface area contributed by atoms with Crippen LogP contribution in [0.5, 0.6) is 0 Å². The molecule has 0 saturated carbocycles. The van der Waals surface area contributed by atoms with E-state index in [-0.39, 0.29) is 32.0 Å². The number of esters is 2. The smallest absolute Gasteiger partial charge is 0.462 e. The molecule has 0 amide bonds. The first-order valence-electron chi connectivity index (χ1n) is 40.2. The topological polar surface area (TPSA) is 108 Å². The number of carbonyl (C=O) groups excluding carboxylic acids is 2. The Morgan fingerprint density at radius 2 is 0.540 bits per heavy atom. The lowest BCUT2D eigenvalue weighted by atomic mass is 10.0. The number of unbranched alkanes of at least 4 members (excludes halogenated alkanes) is 26. The van der Waals surface area contributed by atoms with Crippen molar-refractivity contribution in [1.29, 1.82) is 0 Å². The highest BCUT2D eigenvalue weighted by molar-refractivity contribution is 7.47. The van der Waals surface area contributed by atoms with Gasteiger partial charge in [0.25, 0.3) is 0 Å². The van der Waals surface area contributed by atoms with Crippen molar-refractivity contribution in [3.63, 3.8) is 0 Å². The van der Waals surface area contributed by atoms with Crippen LogP contribution in [0.2, 0.25) is 0 Å². The maximum Gasteiger partial charge on any atom is 0.472 e. The Bertz CT molecular complexity index is 2400. The van der Waals surface area contributed by atoms with Gasteiger partial charge in [-0.15, -0.1) is 0 Å². The number of ether oxygens (including phenoxy) is 2. The Kier molecular flexibility index (Phi) is 74.0. The van der Waals surface area contributed by atoms with E-state index in [0.29, 0.717) is 17.4 Å². The van der Waals surface area contributed by atoms with Gasteiger partial charge in [-0.3, -0.25) is 18.6 Å². The average Bonchev–Trinajstić information content (AvgIpc) is 1.07. The van der Waals surface area contributed by atoms with Crippen molar-refractivity contribution in [2.45, 2.75) is 315 Å². The predicted molar refractivity (Wildman–Crippen MR) is 435 cm³/mol. The lowest BCUT2D eigenvalue weighted by Gasteiger charge is -2.24. The number of allylic oxidation sites excluding steroid dienone is 32. The molecule has 0 aliphatic heterocycles. The lowest BCUT2D eigenvalue weighted by Crippen LogP contribution is -2.37. The van der Waals surface area contributed by atoms with Crippen molar-refractivity contribution in [2.75, 3.05) is 47.5 Å². The normalized spacial score (nSPS) is 14.1. The van der Waals surface area contributed by atoms with E-state index in [1.54, 1.807) is 0 Å². The maximum atomic E-state index is 12.9. The van der Waals surface area contributed by atoms with E-state index in [4.69, 9.17) is 18.5 Å². The molecule has 0 rings (SSSR count). The van der Waals surface area contributed by atoms with E-state index in [2.05, 4.69) is 208 Å². The van der Waals surface area contributed by atoms with Crippen molar-refractivity contribution >= 4 is 19.8 Å². The predicted octanol–water partition coefficient (Wildman–Crippen LogP) is 27.2. The van der Waals surface area contributed by atoms with Gasteiger partial charge in [0.05, 0.1) is 27.7 Å². The summed E-state index contributed by atoms with van der Waals surface area (Å²) in [5.41, 5.74) is 0. The summed E-state index contributed by atoms with van der Waals surface area (Å²) >= 11 is 0. The standard InChI is InChI=1S/C90H148NO8P/c1-6-8-10-12-14-16-18-20-22-24-26-28-30-32-34-36-38-40-42-44-45-47-49-51-53-55-57-59-61-63-65-67-69-71-73-75-77-79-81-83-90(93)99-88(87-98-100(94,95)97-85-84-91(3,4)5)86-96-89(92)82-80-78-76-74-72-70-68-66-64-62-60-58-56-54-52-50-48-46-43-41-39-37-35-33-31-29-27-25-23-21-19-17-15-13-11-9-7-2/h8-11,14-17,20-23,26-29,32-35,38-41,44-45,49,51,55,57,61,63,88H,6-7,12-13,18-19,24-25,30-31,36-37,42-43,46-48,50,52-54,56,58-60,62,64-87H2,1-5H3/p+1/b10-8-,11-9-,16-14-,17-15-,22-20-,23-21-,28-26-,29-27-,34-32-,35-33-,40-38-,41-39-,45-44-,51-49-,57-55-,63-61-. The first kappa shape index (κ1) is 94.8. The summed E-state index contributed by atoms with van der Waals surface area (Å²) in [6, 6.07) is 0. The van der Waals surface area contributed by atoms with Gasteiger partial charge in [0, 0.05) is 12.8 Å². The molecular formula is C90H149NO8P+. The molecule has 0 aliphatic rings. The second-order valence-electron chi connectivity index (χ2n) is 27.3. The summed E-state index contributed by atoms with van der Waals surface area (Å²) in [6.45, 7) is 4.20. The highest BCUT2D eigenvalue weighted by Crippen LogP contribution is 2.43. The molecule has 0 aromatic carbocycles. The highest BCUT2D eigenvalue weighted by atomic mass is 31.2. The Labute approximate surface area is 615 Å². The van der Waals surface area contributed by atoms with Gasteiger partial charge in [-0.2, -0.15) is 0 Å². The Morgan fingerprint density at radius 3 is 0.800 bits per heavy atom. The first-order valence-corrected chi connectivity index (χ1v) is 41.7. The van der Waals surface area contributed by atoms with Gasteiger partial charge in [0.2, 0.25) is 0 Å². The van der Waals surface area contributed by atoms with E-state index < -0.39 is 26.5 Å². The molecule has 566 valence electrons. The van der Waals surface area contributed by atoms with E-state index in [1.807, 2.05) is 21.1 Å². The van der Waals surface area contributed by atoms with E-state index in [9.17, 15) is 19.0 Å². The molecule has 2 unspecified atom stereocenters. The largest absolute Gasteiger partial charge is 0.472 e. The minimum absolute atomic E-state index is 0.0220. The van der Waals surface area contributed by atoms with E-state index in [1.165, 1.54) is 128 Å². The van der Waals surface area contributed by atoms with Crippen LogP contribution in [0.3, 0.4) is 0 Å². The Hall–Kier alpha value is -5.15. The van der Waals surface area contributed by atoms with Crippen molar-refractivity contribution < 1.29 is 42.1 Å². The Balaban J connectivity index is 4.06. The third kappa shape index (κ3) is 81.8. The molecule has 0 radical (unpaired) electrons. The van der Waals surface area contributed by atoms with E-state index >= 15 is 0 Å². The van der Waals surface area contributed by atoms with Crippen molar-refractivity contribution in [3.05, 3.63) is 194 Å². The fraction of sp³-hybridized carbons (Fsp3) is 0.622. The summed E-state index contributed by atoms with van der Waals surface area (Å²) in [5, 5.41) is 0. The molecule has 100 heavy (non-hydrogen) atoms. The molecule has 2 atom stereocenters. The van der Waals surface area contributed by atoms with Crippen LogP contribution < -0.4 is 0 Å². The SMILES string of the molecule is CC/C=C\C/C=C\C/C=C\C/C=C\C/C=C\C/C=C\C/C=C\C/C=C\C/C=C\C/C=C\CCCCCCCCCCC(=O)OC(COC(=O)CCCCCCCCCCCCCCCCCCCC/C=C\C/C=C\C/C=C\C/C=C\C/C=C\C/C=C\CC)COP(=O)(O)OCC[N+](C)(C)C. The van der Waals surface area contributed by atoms with Crippen LogP contribution in [0.25, 0.3) is 0 Å². The molecule has 10 heteroatoms. The number of nitrogens with zero attached hydrogens (tertiary/aromatic N) is 1. The Morgan fingerprint density at radius 1 is 0.310 bits per heavy atom. The van der Waals surface area contributed by atoms with E-state index in [0.717, 1.165) is 148 Å². The zero-order chi connectivity index (χ0) is 72.5. The molecule has 1 N–H and O–H groups in total. The van der Waals surface area contributed by atoms with Crippen LogP contribution in [0.15, 0.2) is 194 Å². The van der Waals surface area contributed by atoms with Gasteiger partial charge >= 0.3 is 19.8 Å². The molecule has 0 aromatic rings. The fourth-order valence-corrected chi connectivity index (χ4v) is 11.3. The quantitative estimate of drug-likeness (QED) is 0.0211. The van der Waals surface area contributed by atoms with Crippen molar-refractivity contribution in [3.8, 4) is 0 Å². The minimum atomic E-state index is -4.41. The lowest BCUT2D eigenvalue weighted by molar-refractivity contribution is -0.870. The summed E-state index contributed by atoms with van der Waals surface area (Å²) in [5.74, 6) is -0.810. The van der Waals surface area contributed by atoms with Gasteiger partial charge in [-0.05, 0) is 141 Å². The number of rotatable bonds is 72. The van der Waals surface area contributed by atoms with Crippen LogP contribution in [-0.4, -0.2) is 74.9 Å². The monoisotopic (exact) mass is 1400 g/mol. The number of phosphoric acid groups is 1. The number of hydrogen-bond donors (Lipinski definition) is 1. The second-order valence-corrected chi connectivity index (χ2v) is 28.8. The van der Waals surface area contributed by atoms with Crippen LogP contribution in [0.4, 0.5) is 0 Å². The third-order valence-electron chi connectivity index (χ3n) is 16.6. The summed E-state index contributed by atoms with van der Waals surface area (Å²) in [6.07, 6.45) is 121. The summed E-state index contributed by atoms with van der Waals surface area (Å²) in [4.78, 5) is 36.0. The van der Waals surface area contributed by atoms with Gasteiger partial charge in [-0.25, -0.2) is 4.57 Å². The van der Waals surface area contributed by atoms with Crippen LogP contribution >= 0.6 is 7.82 Å². The summed E-state index contributed by atoms with van der Waals surface area (Å²) < 4.78 is 34.8. The number of hydrogen-bond acceptors (Lipinski definition) is 7. The third-order valence-corrected chi connectivity index (χ3v) is 17.6. The molecule has 0 aromatic heterocycles. The number of carbonyl (C=O) groups is 2. The second kappa shape index (κ2) is 78.0. The minimum Gasteiger partial charge on any atom is -0.462 e. The number of likely N-dealkylation sites (N-methyl/N-ethyl adjacent to an activating group) is 1. The maximum absolute atomic E-state index is 12.9. The molecular weight excluding hydrogens is 1250 g/mol. The van der Waals surface area contributed by atoms with Gasteiger partial charge in [0.1, 0.15) is 19.8 Å².